The second-order valence-electron chi connectivity index (χ2n) is 5.60. The van der Waals surface area contributed by atoms with E-state index in [-0.39, 0.29) is 0 Å². The molecule has 0 unspecified atom stereocenters. The van der Waals surface area contributed by atoms with Crippen LogP contribution in [0.15, 0.2) is 41.0 Å². The monoisotopic (exact) mass is 263 g/mol. The van der Waals surface area contributed by atoms with Crippen LogP contribution >= 0.6 is 0 Å². The van der Waals surface area contributed by atoms with E-state index in [1.165, 1.54) is 33.0 Å². The average molecular weight is 263 g/mol. The largest absolute Gasteiger partial charge is 0.447 e. The quantitative estimate of drug-likeness (QED) is 0.637. The molecule has 100 valence electrons. The molecule has 3 aromatic rings. The van der Waals surface area contributed by atoms with E-state index in [9.17, 15) is 0 Å². The highest BCUT2D eigenvalue weighted by Gasteiger charge is 2.16. The fraction of sp³-hybridized carbons (Fsp3) is 0.222. The van der Waals surface area contributed by atoms with Crippen molar-refractivity contribution < 1.29 is 4.42 Å². The first-order valence-corrected chi connectivity index (χ1v) is 7.11. The lowest BCUT2D eigenvalue weighted by molar-refractivity contribution is 0.604. The SMILES string of the molecule is Cc1cc2[nH]c3occ(C4=CCCC=C4)c3c2cc1C. The van der Waals surface area contributed by atoms with Crippen LogP contribution in [0.5, 0.6) is 0 Å². The molecule has 1 aliphatic carbocycles. The summed E-state index contributed by atoms with van der Waals surface area (Å²) in [7, 11) is 0. The predicted octanol–water partition coefficient (Wildman–Crippen LogP) is 5.26. The number of rotatable bonds is 1. The van der Waals surface area contributed by atoms with E-state index in [0.717, 1.165) is 24.1 Å². The number of benzene rings is 1. The van der Waals surface area contributed by atoms with Crippen molar-refractivity contribution in [2.45, 2.75) is 26.7 Å². The van der Waals surface area contributed by atoms with E-state index < -0.39 is 0 Å². The number of fused-ring (bicyclic) bond motifs is 3. The molecule has 1 N–H and O–H groups in total. The van der Waals surface area contributed by atoms with E-state index in [2.05, 4.69) is 49.2 Å². The summed E-state index contributed by atoms with van der Waals surface area (Å²) < 4.78 is 5.74. The molecule has 0 saturated heterocycles. The minimum absolute atomic E-state index is 0.875. The second kappa shape index (κ2) is 4.14. The summed E-state index contributed by atoms with van der Waals surface area (Å²) >= 11 is 0. The Bertz CT molecular complexity index is 874. The molecular formula is C18H17NO. The standard InChI is InChI=1S/C18H17NO/c1-11-8-14-16(9-12(11)2)19-18-17(14)15(10-20-18)13-6-4-3-5-7-13/h4,6-10,19H,3,5H2,1-2H3. The van der Waals surface area contributed by atoms with Crippen molar-refractivity contribution in [1.29, 1.82) is 0 Å². The summed E-state index contributed by atoms with van der Waals surface area (Å²) in [4.78, 5) is 3.39. The van der Waals surface area contributed by atoms with Gasteiger partial charge < -0.3 is 9.40 Å². The first-order valence-electron chi connectivity index (χ1n) is 7.11. The van der Waals surface area contributed by atoms with Gasteiger partial charge in [-0.1, -0.05) is 18.2 Å². The number of hydrogen-bond acceptors (Lipinski definition) is 1. The zero-order chi connectivity index (χ0) is 13.7. The van der Waals surface area contributed by atoms with Gasteiger partial charge in [-0.3, -0.25) is 0 Å². The zero-order valence-electron chi connectivity index (χ0n) is 11.8. The summed E-state index contributed by atoms with van der Waals surface area (Å²) in [5.74, 6) is 0. The molecule has 0 bridgehead atoms. The Morgan fingerprint density at radius 2 is 1.95 bits per heavy atom. The zero-order valence-corrected chi connectivity index (χ0v) is 11.8. The molecule has 2 heterocycles. The maximum absolute atomic E-state index is 5.74. The molecule has 0 atom stereocenters. The maximum atomic E-state index is 5.74. The summed E-state index contributed by atoms with van der Waals surface area (Å²) in [6.07, 6.45) is 10.9. The molecule has 1 aromatic carbocycles. The van der Waals surface area contributed by atoms with Crippen molar-refractivity contribution in [3.63, 3.8) is 0 Å². The van der Waals surface area contributed by atoms with Gasteiger partial charge in [0.25, 0.3) is 0 Å². The molecular weight excluding hydrogens is 246 g/mol. The van der Waals surface area contributed by atoms with E-state index >= 15 is 0 Å². The lowest BCUT2D eigenvalue weighted by Gasteiger charge is -2.05. The van der Waals surface area contributed by atoms with Crippen molar-refractivity contribution >= 4 is 27.6 Å². The van der Waals surface area contributed by atoms with Crippen molar-refractivity contribution in [2.24, 2.45) is 0 Å². The molecule has 1 aliphatic rings. The van der Waals surface area contributed by atoms with Crippen molar-refractivity contribution in [2.75, 3.05) is 0 Å². The minimum Gasteiger partial charge on any atom is -0.447 e. The van der Waals surface area contributed by atoms with Crippen LogP contribution in [0, 0.1) is 13.8 Å². The normalized spacial score (nSPS) is 15.2. The van der Waals surface area contributed by atoms with Crippen LogP contribution in [0.4, 0.5) is 0 Å². The molecule has 4 rings (SSSR count). The Kier molecular flexibility index (Phi) is 2.40. The van der Waals surface area contributed by atoms with Crippen molar-refractivity contribution in [3.8, 4) is 0 Å². The van der Waals surface area contributed by atoms with E-state index in [1.807, 2.05) is 6.26 Å². The first-order chi connectivity index (χ1) is 9.74. The molecule has 0 fully saturated rings. The van der Waals surface area contributed by atoms with Gasteiger partial charge in [0.1, 0.15) is 6.26 Å². The van der Waals surface area contributed by atoms with Crippen LogP contribution < -0.4 is 0 Å². The third-order valence-corrected chi connectivity index (χ3v) is 4.25. The molecule has 2 heteroatoms. The molecule has 0 radical (unpaired) electrons. The highest BCUT2D eigenvalue weighted by molar-refractivity contribution is 6.11. The molecule has 2 nitrogen and oxygen atoms in total. The van der Waals surface area contributed by atoms with Crippen molar-refractivity contribution in [1.82, 2.24) is 4.98 Å². The molecule has 0 amide bonds. The third kappa shape index (κ3) is 1.58. The number of aromatic nitrogens is 1. The average Bonchev–Trinajstić information content (AvgIpc) is 3.00. The van der Waals surface area contributed by atoms with Gasteiger partial charge in [-0.15, -0.1) is 0 Å². The topological polar surface area (TPSA) is 28.9 Å². The Hall–Kier alpha value is -2.22. The van der Waals surface area contributed by atoms with Crippen LogP contribution in [-0.2, 0) is 0 Å². The third-order valence-electron chi connectivity index (χ3n) is 4.25. The first kappa shape index (κ1) is 11.6. The van der Waals surface area contributed by atoms with Gasteiger partial charge in [0.15, 0.2) is 0 Å². The van der Waals surface area contributed by atoms with Crippen LogP contribution in [-0.4, -0.2) is 4.98 Å². The molecule has 0 aliphatic heterocycles. The predicted molar refractivity (Wildman–Crippen MR) is 83.9 cm³/mol. The van der Waals surface area contributed by atoms with Gasteiger partial charge in [-0.2, -0.15) is 0 Å². The number of furan rings is 1. The van der Waals surface area contributed by atoms with Gasteiger partial charge in [-0.25, -0.2) is 0 Å². The number of aromatic amines is 1. The summed E-state index contributed by atoms with van der Waals surface area (Å²) in [6.45, 7) is 4.30. The second-order valence-corrected chi connectivity index (χ2v) is 5.60. The summed E-state index contributed by atoms with van der Waals surface area (Å²) in [6, 6.07) is 4.46. The summed E-state index contributed by atoms with van der Waals surface area (Å²) in [5, 5.41) is 2.47. The Balaban J connectivity index is 2.05. The van der Waals surface area contributed by atoms with Gasteiger partial charge in [-0.05, 0) is 55.5 Å². The smallest absolute Gasteiger partial charge is 0.205 e. The highest BCUT2D eigenvalue weighted by Crippen LogP contribution is 2.36. The lowest BCUT2D eigenvalue weighted by Crippen LogP contribution is -1.84. The van der Waals surface area contributed by atoms with E-state index in [0.29, 0.717) is 0 Å². The molecule has 0 saturated carbocycles. The fourth-order valence-electron chi connectivity index (χ4n) is 2.99. The maximum Gasteiger partial charge on any atom is 0.205 e. The van der Waals surface area contributed by atoms with Gasteiger partial charge in [0.2, 0.25) is 5.71 Å². The van der Waals surface area contributed by atoms with E-state index in [1.54, 1.807) is 0 Å². The Morgan fingerprint density at radius 3 is 2.75 bits per heavy atom. The lowest BCUT2D eigenvalue weighted by atomic mass is 9.98. The van der Waals surface area contributed by atoms with Crippen LogP contribution in [0.2, 0.25) is 0 Å². The Labute approximate surface area is 117 Å². The van der Waals surface area contributed by atoms with Crippen LogP contribution in [0.1, 0.15) is 29.5 Å². The van der Waals surface area contributed by atoms with Gasteiger partial charge >= 0.3 is 0 Å². The number of nitrogens with one attached hydrogen (secondary N) is 1. The number of allylic oxidation sites excluding steroid dienone is 4. The van der Waals surface area contributed by atoms with Crippen LogP contribution in [0.3, 0.4) is 0 Å². The molecule has 2 aromatic heterocycles. The van der Waals surface area contributed by atoms with Gasteiger partial charge in [0.05, 0.1) is 5.39 Å². The highest BCUT2D eigenvalue weighted by atomic mass is 16.3. The molecule has 0 spiro atoms. The molecule has 20 heavy (non-hydrogen) atoms. The summed E-state index contributed by atoms with van der Waals surface area (Å²) in [5.41, 5.74) is 7.13. The minimum atomic E-state index is 0.875. The number of hydrogen-bond donors (Lipinski definition) is 1. The van der Waals surface area contributed by atoms with E-state index in [4.69, 9.17) is 4.42 Å². The Morgan fingerprint density at radius 1 is 1.10 bits per heavy atom. The van der Waals surface area contributed by atoms with Crippen molar-refractivity contribution in [3.05, 3.63) is 53.3 Å². The number of aryl methyl sites for hydroxylation is 2. The van der Waals surface area contributed by atoms with Crippen LogP contribution in [0.25, 0.3) is 27.6 Å². The number of H-pyrrole nitrogens is 1. The van der Waals surface area contributed by atoms with Gasteiger partial charge in [0, 0.05) is 16.5 Å². The fourth-order valence-corrected chi connectivity index (χ4v) is 2.99.